The Kier molecular flexibility index (Phi) is 4.42. The molecule has 0 radical (unpaired) electrons. The highest BCUT2D eigenvalue weighted by Gasteiger charge is 2.13. The van der Waals surface area contributed by atoms with Crippen molar-refractivity contribution in [3.05, 3.63) is 51.0 Å². The Morgan fingerprint density at radius 1 is 1.27 bits per heavy atom. The first-order valence-electron chi connectivity index (χ1n) is 6.21. The molecule has 1 N–H and O–H groups in total. The second-order valence-electron chi connectivity index (χ2n) is 4.36. The maximum atomic E-state index is 12.0. The third kappa shape index (κ3) is 3.47. The van der Waals surface area contributed by atoms with Crippen molar-refractivity contribution in [1.29, 1.82) is 0 Å². The molecule has 0 aliphatic carbocycles. The quantitative estimate of drug-likeness (QED) is 0.759. The summed E-state index contributed by atoms with van der Waals surface area (Å²) in [4.78, 5) is 12.0. The fourth-order valence-electron chi connectivity index (χ4n) is 1.75. The van der Waals surface area contributed by atoms with Crippen LogP contribution in [0.5, 0.6) is 0 Å². The van der Waals surface area contributed by atoms with E-state index in [1.165, 1.54) is 11.3 Å². The molecule has 0 fully saturated rings. The van der Waals surface area contributed by atoms with Gasteiger partial charge in [-0.15, -0.1) is 10.2 Å². The van der Waals surface area contributed by atoms with Gasteiger partial charge >= 0.3 is 0 Å². The summed E-state index contributed by atoms with van der Waals surface area (Å²) >= 11 is 13.3. The number of hydrogen-bond donors (Lipinski definition) is 1. The minimum atomic E-state index is -0.301. The van der Waals surface area contributed by atoms with E-state index < -0.39 is 0 Å². The van der Waals surface area contributed by atoms with Crippen LogP contribution in [0.2, 0.25) is 10.0 Å². The van der Waals surface area contributed by atoms with Crippen LogP contribution in [-0.4, -0.2) is 16.1 Å². The molecular formula is C14H9Cl2N3O2S. The van der Waals surface area contributed by atoms with Crippen LogP contribution >= 0.6 is 34.5 Å². The van der Waals surface area contributed by atoms with Crippen molar-refractivity contribution < 1.29 is 9.21 Å². The molecule has 2 heterocycles. The van der Waals surface area contributed by atoms with E-state index in [2.05, 4.69) is 15.5 Å². The first kappa shape index (κ1) is 15.0. The van der Waals surface area contributed by atoms with Crippen LogP contribution < -0.4 is 5.32 Å². The standard InChI is InChI=1S/C14H9Cl2N3O2S/c15-9-1-2-11(10(16)5-9)17-12(20)6-13-18-19-14(21-13)8-3-4-22-7-8/h1-5,7H,6H2,(H,17,20). The van der Waals surface area contributed by atoms with E-state index >= 15 is 0 Å². The summed E-state index contributed by atoms with van der Waals surface area (Å²) in [5.41, 5.74) is 1.32. The fraction of sp³-hybridized carbons (Fsp3) is 0.0714. The molecule has 1 aromatic carbocycles. The van der Waals surface area contributed by atoms with E-state index in [1.54, 1.807) is 18.2 Å². The molecule has 2 aromatic heterocycles. The van der Waals surface area contributed by atoms with Crippen molar-refractivity contribution in [2.24, 2.45) is 0 Å². The Labute approximate surface area is 139 Å². The van der Waals surface area contributed by atoms with Gasteiger partial charge in [-0.2, -0.15) is 11.3 Å². The van der Waals surface area contributed by atoms with Crippen molar-refractivity contribution in [2.45, 2.75) is 6.42 Å². The minimum Gasteiger partial charge on any atom is -0.420 e. The van der Waals surface area contributed by atoms with Crippen LogP contribution in [-0.2, 0) is 11.2 Å². The first-order valence-corrected chi connectivity index (χ1v) is 7.91. The highest BCUT2D eigenvalue weighted by atomic mass is 35.5. The minimum absolute atomic E-state index is 0.0317. The van der Waals surface area contributed by atoms with Gasteiger partial charge in [-0.25, -0.2) is 0 Å². The van der Waals surface area contributed by atoms with E-state index in [0.717, 1.165) is 5.56 Å². The van der Waals surface area contributed by atoms with E-state index in [-0.39, 0.29) is 18.2 Å². The van der Waals surface area contributed by atoms with Crippen LogP contribution in [0.25, 0.3) is 11.5 Å². The molecule has 8 heteroatoms. The van der Waals surface area contributed by atoms with Crippen molar-refractivity contribution >= 4 is 46.1 Å². The number of carbonyl (C=O) groups is 1. The molecule has 0 saturated carbocycles. The van der Waals surface area contributed by atoms with Crippen molar-refractivity contribution in [3.63, 3.8) is 0 Å². The van der Waals surface area contributed by atoms with Crippen LogP contribution in [0.4, 0.5) is 5.69 Å². The normalized spacial score (nSPS) is 10.6. The number of aromatic nitrogens is 2. The fourth-order valence-corrected chi connectivity index (χ4v) is 2.84. The van der Waals surface area contributed by atoms with Gasteiger partial charge in [-0.05, 0) is 29.6 Å². The number of thiophene rings is 1. The molecular weight excluding hydrogens is 345 g/mol. The van der Waals surface area contributed by atoms with E-state index in [0.29, 0.717) is 21.6 Å². The van der Waals surface area contributed by atoms with Gasteiger partial charge < -0.3 is 9.73 Å². The monoisotopic (exact) mass is 353 g/mol. The highest BCUT2D eigenvalue weighted by Crippen LogP contribution is 2.25. The van der Waals surface area contributed by atoms with Crippen LogP contribution in [0.1, 0.15) is 5.89 Å². The Balaban J connectivity index is 1.67. The largest absolute Gasteiger partial charge is 0.420 e. The van der Waals surface area contributed by atoms with Gasteiger partial charge in [0.2, 0.25) is 17.7 Å². The van der Waals surface area contributed by atoms with Gasteiger partial charge in [0.25, 0.3) is 0 Å². The van der Waals surface area contributed by atoms with Crippen molar-refractivity contribution in [1.82, 2.24) is 10.2 Å². The number of anilines is 1. The SMILES string of the molecule is O=C(Cc1nnc(-c2ccsc2)o1)Nc1ccc(Cl)cc1Cl. The van der Waals surface area contributed by atoms with Crippen molar-refractivity contribution in [3.8, 4) is 11.5 Å². The lowest BCUT2D eigenvalue weighted by molar-refractivity contribution is -0.115. The number of hydrogen-bond acceptors (Lipinski definition) is 5. The Morgan fingerprint density at radius 3 is 2.86 bits per heavy atom. The zero-order valence-electron chi connectivity index (χ0n) is 11.0. The molecule has 22 heavy (non-hydrogen) atoms. The van der Waals surface area contributed by atoms with E-state index in [4.69, 9.17) is 27.6 Å². The first-order chi connectivity index (χ1) is 10.6. The molecule has 0 bridgehead atoms. The van der Waals surface area contributed by atoms with Gasteiger partial charge in [-0.3, -0.25) is 4.79 Å². The third-order valence-corrected chi connectivity index (χ3v) is 3.98. The van der Waals surface area contributed by atoms with Crippen LogP contribution in [0.15, 0.2) is 39.4 Å². The third-order valence-electron chi connectivity index (χ3n) is 2.75. The highest BCUT2D eigenvalue weighted by molar-refractivity contribution is 7.08. The van der Waals surface area contributed by atoms with Crippen LogP contribution in [0.3, 0.4) is 0 Å². The molecule has 3 aromatic rings. The summed E-state index contributed by atoms with van der Waals surface area (Å²) in [6.45, 7) is 0. The number of nitrogens with one attached hydrogen (secondary N) is 1. The molecule has 5 nitrogen and oxygen atoms in total. The lowest BCUT2D eigenvalue weighted by atomic mass is 10.3. The number of nitrogens with zero attached hydrogens (tertiary/aromatic N) is 2. The number of carbonyl (C=O) groups excluding carboxylic acids is 1. The number of halogens is 2. The Bertz CT molecular complexity index is 802. The molecule has 3 rings (SSSR count). The Morgan fingerprint density at radius 2 is 2.14 bits per heavy atom. The maximum Gasteiger partial charge on any atom is 0.248 e. The molecule has 0 unspecified atom stereocenters. The molecule has 0 atom stereocenters. The smallest absolute Gasteiger partial charge is 0.248 e. The summed E-state index contributed by atoms with van der Waals surface area (Å²) in [6.07, 6.45) is -0.0317. The number of benzene rings is 1. The topological polar surface area (TPSA) is 68.0 Å². The number of rotatable bonds is 4. The second kappa shape index (κ2) is 6.48. The molecule has 1 amide bonds. The van der Waals surface area contributed by atoms with Crippen molar-refractivity contribution in [2.75, 3.05) is 5.32 Å². The van der Waals surface area contributed by atoms with E-state index in [1.807, 2.05) is 16.8 Å². The summed E-state index contributed by atoms with van der Waals surface area (Å²) in [6, 6.07) is 6.70. The molecule has 0 saturated heterocycles. The molecule has 0 spiro atoms. The van der Waals surface area contributed by atoms with Gasteiger partial charge in [0, 0.05) is 16.0 Å². The van der Waals surface area contributed by atoms with Gasteiger partial charge in [0.15, 0.2) is 0 Å². The second-order valence-corrected chi connectivity index (χ2v) is 5.99. The average molecular weight is 354 g/mol. The summed E-state index contributed by atoms with van der Waals surface area (Å²) in [5.74, 6) is 0.335. The number of amides is 1. The van der Waals surface area contributed by atoms with Gasteiger partial charge in [0.05, 0.1) is 10.7 Å². The van der Waals surface area contributed by atoms with Gasteiger partial charge in [0.1, 0.15) is 6.42 Å². The lowest BCUT2D eigenvalue weighted by Crippen LogP contribution is -2.14. The Hall–Kier alpha value is -1.89. The lowest BCUT2D eigenvalue weighted by Gasteiger charge is -2.05. The van der Waals surface area contributed by atoms with Crippen LogP contribution in [0, 0.1) is 0 Å². The van der Waals surface area contributed by atoms with E-state index in [9.17, 15) is 4.79 Å². The summed E-state index contributed by atoms with van der Waals surface area (Å²) in [5, 5.41) is 15.1. The average Bonchev–Trinajstić information content (AvgIpc) is 3.12. The molecule has 0 aliphatic heterocycles. The maximum absolute atomic E-state index is 12.0. The summed E-state index contributed by atoms with van der Waals surface area (Å²) in [7, 11) is 0. The molecule has 112 valence electrons. The summed E-state index contributed by atoms with van der Waals surface area (Å²) < 4.78 is 5.46. The van der Waals surface area contributed by atoms with Gasteiger partial charge in [-0.1, -0.05) is 23.2 Å². The predicted octanol–water partition coefficient (Wildman–Crippen LogP) is 4.29. The zero-order valence-corrected chi connectivity index (χ0v) is 13.4. The molecule has 0 aliphatic rings. The predicted molar refractivity (Wildman–Crippen MR) is 86.4 cm³/mol. The zero-order chi connectivity index (χ0) is 15.5.